The molecule has 0 unspecified atom stereocenters. The zero-order chi connectivity index (χ0) is 13.2. The van der Waals surface area contributed by atoms with E-state index in [1.807, 2.05) is 11.9 Å². The number of nitrogens with zero attached hydrogens (tertiary/aromatic N) is 1. The van der Waals surface area contributed by atoms with Gasteiger partial charge >= 0.3 is 0 Å². The summed E-state index contributed by atoms with van der Waals surface area (Å²) >= 11 is 5.72. The van der Waals surface area contributed by atoms with Gasteiger partial charge in [0.15, 0.2) is 0 Å². The third-order valence-electron chi connectivity index (χ3n) is 3.55. The van der Waals surface area contributed by atoms with E-state index in [0.29, 0.717) is 23.7 Å². The Morgan fingerprint density at radius 3 is 2.67 bits per heavy atom. The summed E-state index contributed by atoms with van der Waals surface area (Å²) in [5.41, 5.74) is 0.0287. The molecule has 1 aliphatic rings. The highest BCUT2D eigenvalue weighted by Crippen LogP contribution is 2.30. The lowest BCUT2D eigenvalue weighted by molar-refractivity contribution is 0.0143. The zero-order valence-corrected chi connectivity index (χ0v) is 11.4. The molecule has 0 bridgehead atoms. The topological polar surface area (TPSA) is 23.5 Å². The summed E-state index contributed by atoms with van der Waals surface area (Å²) in [5.74, 6) is -0.284. The van der Waals surface area contributed by atoms with Gasteiger partial charge in [-0.3, -0.25) is 4.90 Å². The average Bonchev–Trinajstić information content (AvgIpc) is 2.69. The summed E-state index contributed by atoms with van der Waals surface area (Å²) in [6.07, 6.45) is 3.86. The maximum Gasteiger partial charge on any atom is 0.129 e. The van der Waals surface area contributed by atoms with Gasteiger partial charge < -0.3 is 5.11 Å². The third kappa shape index (κ3) is 3.44. The molecule has 0 saturated heterocycles. The second-order valence-electron chi connectivity index (χ2n) is 5.34. The van der Waals surface area contributed by atoms with Crippen molar-refractivity contribution in [1.82, 2.24) is 4.90 Å². The number of rotatable bonds is 4. The van der Waals surface area contributed by atoms with E-state index >= 15 is 0 Å². The lowest BCUT2D eigenvalue weighted by atomic mass is 10.0. The van der Waals surface area contributed by atoms with Crippen molar-refractivity contribution in [1.29, 1.82) is 0 Å². The first-order chi connectivity index (χ1) is 8.48. The van der Waals surface area contributed by atoms with Gasteiger partial charge in [-0.15, -0.1) is 0 Å². The number of aliphatic hydroxyl groups is 1. The summed E-state index contributed by atoms with van der Waals surface area (Å²) < 4.78 is 13.6. The SMILES string of the molecule is CN(Cc1ccc(Cl)cc1F)CC1(O)CCCC1. The maximum atomic E-state index is 13.6. The molecule has 2 nitrogen and oxygen atoms in total. The lowest BCUT2D eigenvalue weighted by Crippen LogP contribution is -2.38. The second-order valence-corrected chi connectivity index (χ2v) is 5.78. The second kappa shape index (κ2) is 5.55. The molecule has 0 aliphatic heterocycles. The predicted octanol–water partition coefficient (Wildman–Crippen LogP) is 3.22. The largest absolute Gasteiger partial charge is 0.389 e. The Labute approximate surface area is 112 Å². The summed E-state index contributed by atoms with van der Waals surface area (Å²) in [6, 6.07) is 4.72. The molecule has 0 spiro atoms. The standard InChI is InChI=1S/C14H19ClFNO/c1-17(10-14(18)6-2-3-7-14)9-11-4-5-12(15)8-13(11)16/h4-5,8,18H,2-3,6-7,9-10H2,1H3. The van der Waals surface area contributed by atoms with Crippen LogP contribution in [-0.4, -0.2) is 29.2 Å². The van der Waals surface area contributed by atoms with Crippen molar-refractivity contribution in [3.05, 3.63) is 34.6 Å². The van der Waals surface area contributed by atoms with Gasteiger partial charge in [0.25, 0.3) is 0 Å². The highest BCUT2D eigenvalue weighted by molar-refractivity contribution is 6.30. The Morgan fingerprint density at radius 2 is 2.06 bits per heavy atom. The molecule has 0 aromatic heterocycles. The van der Waals surface area contributed by atoms with Crippen molar-refractivity contribution >= 4 is 11.6 Å². The van der Waals surface area contributed by atoms with Gasteiger partial charge in [-0.2, -0.15) is 0 Å². The van der Waals surface area contributed by atoms with Crippen LogP contribution in [0.1, 0.15) is 31.2 Å². The molecular weight excluding hydrogens is 253 g/mol. The molecule has 0 radical (unpaired) electrons. The Bertz CT molecular complexity index is 418. The molecule has 1 N–H and O–H groups in total. The summed E-state index contributed by atoms with van der Waals surface area (Å²) in [4.78, 5) is 1.97. The molecule has 1 aliphatic carbocycles. The van der Waals surface area contributed by atoms with Crippen LogP contribution in [-0.2, 0) is 6.54 Å². The van der Waals surface area contributed by atoms with E-state index in [-0.39, 0.29) is 5.82 Å². The highest BCUT2D eigenvalue weighted by atomic mass is 35.5. The molecule has 0 amide bonds. The molecule has 1 aromatic carbocycles. The molecule has 1 fully saturated rings. The molecule has 0 atom stereocenters. The van der Waals surface area contributed by atoms with Gasteiger partial charge in [0.1, 0.15) is 5.82 Å². The van der Waals surface area contributed by atoms with E-state index in [2.05, 4.69) is 0 Å². The Balaban J connectivity index is 1.96. The Kier molecular flexibility index (Phi) is 4.25. The van der Waals surface area contributed by atoms with Crippen LogP contribution < -0.4 is 0 Å². The minimum atomic E-state index is -0.586. The van der Waals surface area contributed by atoms with Crippen molar-refractivity contribution in [3.63, 3.8) is 0 Å². The summed E-state index contributed by atoms with van der Waals surface area (Å²) in [6.45, 7) is 1.08. The van der Waals surface area contributed by atoms with E-state index in [4.69, 9.17) is 11.6 Å². The number of halogens is 2. The van der Waals surface area contributed by atoms with E-state index in [0.717, 1.165) is 25.7 Å². The van der Waals surface area contributed by atoms with Gasteiger partial charge in [0.05, 0.1) is 5.60 Å². The molecule has 0 heterocycles. The van der Waals surface area contributed by atoms with Crippen LogP contribution >= 0.6 is 11.6 Å². The smallest absolute Gasteiger partial charge is 0.129 e. The fourth-order valence-corrected chi connectivity index (χ4v) is 2.85. The maximum absolute atomic E-state index is 13.6. The third-order valence-corrected chi connectivity index (χ3v) is 3.79. The number of hydrogen-bond donors (Lipinski definition) is 1. The molecule has 18 heavy (non-hydrogen) atoms. The fraction of sp³-hybridized carbons (Fsp3) is 0.571. The number of benzene rings is 1. The Morgan fingerprint density at radius 1 is 1.39 bits per heavy atom. The van der Waals surface area contributed by atoms with Crippen molar-refractivity contribution in [2.75, 3.05) is 13.6 Å². The van der Waals surface area contributed by atoms with Crippen LogP contribution in [0.25, 0.3) is 0 Å². The minimum Gasteiger partial charge on any atom is -0.389 e. The van der Waals surface area contributed by atoms with Gasteiger partial charge in [-0.25, -0.2) is 4.39 Å². The first kappa shape index (κ1) is 13.8. The Hall–Kier alpha value is -0.640. The molecule has 1 saturated carbocycles. The molecule has 4 heteroatoms. The van der Waals surface area contributed by atoms with Crippen molar-refractivity contribution in [3.8, 4) is 0 Å². The van der Waals surface area contributed by atoms with Crippen LogP contribution in [0.4, 0.5) is 4.39 Å². The van der Waals surface area contributed by atoms with Gasteiger partial charge in [0, 0.05) is 23.7 Å². The molecule has 2 rings (SSSR count). The van der Waals surface area contributed by atoms with Crippen molar-refractivity contribution in [2.24, 2.45) is 0 Å². The summed E-state index contributed by atoms with van der Waals surface area (Å²) in [5, 5.41) is 10.7. The summed E-state index contributed by atoms with van der Waals surface area (Å²) in [7, 11) is 1.91. The number of likely N-dealkylation sites (N-methyl/N-ethyl adjacent to an activating group) is 1. The van der Waals surface area contributed by atoms with E-state index in [1.54, 1.807) is 12.1 Å². The van der Waals surface area contributed by atoms with Gasteiger partial charge in [-0.1, -0.05) is 30.5 Å². The normalized spacial score (nSPS) is 18.5. The highest BCUT2D eigenvalue weighted by Gasteiger charge is 2.32. The van der Waals surface area contributed by atoms with Gasteiger partial charge in [-0.05, 0) is 32.0 Å². The van der Waals surface area contributed by atoms with Crippen LogP contribution in [0.15, 0.2) is 18.2 Å². The first-order valence-corrected chi connectivity index (χ1v) is 6.71. The quantitative estimate of drug-likeness (QED) is 0.909. The number of hydrogen-bond acceptors (Lipinski definition) is 2. The molecular formula is C14H19ClFNO. The minimum absolute atomic E-state index is 0.284. The molecule has 100 valence electrons. The average molecular weight is 272 g/mol. The van der Waals surface area contributed by atoms with Crippen LogP contribution in [0, 0.1) is 5.82 Å². The van der Waals surface area contributed by atoms with Crippen molar-refractivity contribution < 1.29 is 9.50 Å². The fourth-order valence-electron chi connectivity index (χ4n) is 2.69. The van der Waals surface area contributed by atoms with E-state index in [9.17, 15) is 9.50 Å². The lowest BCUT2D eigenvalue weighted by Gasteiger charge is -2.28. The monoisotopic (exact) mass is 271 g/mol. The van der Waals surface area contributed by atoms with E-state index < -0.39 is 5.60 Å². The van der Waals surface area contributed by atoms with Crippen LogP contribution in [0.2, 0.25) is 5.02 Å². The predicted molar refractivity (Wildman–Crippen MR) is 71.2 cm³/mol. The zero-order valence-electron chi connectivity index (χ0n) is 10.6. The van der Waals surface area contributed by atoms with Crippen molar-refractivity contribution in [2.45, 2.75) is 37.8 Å². The first-order valence-electron chi connectivity index (χ1n) is 6.33. The van der Waals surface area contributed by atoms with E-state index in [1.165, 1.54) is 6.07 Å². The van der Waals surface area contributed by atoms with Crippen LogP contribution in [0.3, 0.4) is 0 Å². The van der Waals surface area contributed by atoms with Crippen LogP contribution in [0.5, 0.6) is 0 Å². The van der Waals surface area contributed by atoms with Gasteiger partial charge in [0.2, 0.25) is 0 Å². The molecule has 1 aromatic rings.